The van der Waals surface area contributed by atoms with Gasteiger partial charge in [-0.1, -0.05) is 6.92 Å². The molecule has 0 bridgehead atoms. The van der Waals surface area contributed by atoms with Gasteiger partial charge >= 0.3 is 0 Å². The first-order chi connectivity index (χ1) is 11.2. The van der Waals surface area contributed by atoms with Crippen LogP contribution in [0.4, 0.5) is 5.69 Å². The van der Waals surface area contributed by atoms with Crippen molar-refractivity contribution in [2.45, 2.75) is 32.9 Å². The summed E-state index contributed by atoms with van der Waals surface area (Å²) in [5.74, 6) is 0.0927. The summed E-state index contributed by atoms with van der Waals surface area (Å²) < 4.78 is 1.67. The minimum atomic E-state index is -0.00950. The van der Waals surface area contributed by atoms with E-state index in [-0.39, 0.29) is 18.0 Å². The largest absolute Gasteiger partial charge is 0.375 e. The lowest BCUT2D eigenvalue weighted by atomic mass is 10.1. The zero-order chi connectivity index (χ0) is 16.2. The number of carbonyl (C=O) groups is 1. The third kappa shape index (κ3) is 3.64. The van der Waals surface area contributed by atoms with Crippen molar-refractivity contribution in [1.82, 2.24) is 9.47 Å². The quantitative estimate of drug-likeness (QED) is 0.915. The molecule has 2 aromatic heterocycles. The summed E-state index contributed by atoms with van der Waals surface area (Å²) in [7, 11) is 0. The first kappa shape index (κ1) is 15.8. The molecule has 0 atom stereocenters. The van der Waals surface area contributed by atoms with E-state index in [4.69, 9.17) is 0 Å². The first-order valence-corrected chi connectivity index (χ1v) is 8.82. The van der Waals surface area contributed by atoms with Crippen LogP contribution < -0.4 is 10.9 Å². The molecule has 3 heterocycles. The van der Waals surface area contributed by atoms with Gasteiger partial charge < -0.3 is 14.8 Å². The van der Waals surface area contributed by atoms with Crippen molar-refractivity contribution in [1.29, 1.82) is 0 Å². The Kier molecular flexibility index (Phi) is 4.81. The van der Waals surface area contributed by atoms with Crippen LogP contribution in [-0.2, 0) is 24.3 Å². The number of amides is 1. The van der Waals surface area contributed by atoms with Gasteiger partial charge in [-0.3, -0.25) is 9.59 Å². The minimum Gasteiger partial charge on any atom is -0.375 e. The smallest absolute Gasteiger partial charge is 0.250 e. The van der Waals surface area contributed by atoms with Crippen molar-refractivity contribution in [3.63, 3.8) is 0 Å². The molecule has 1 amide bonds. The number of fused-ring (bicyclic) bond motifs is 1. The average molecular weight is 331 g/mol. The van der Waals surface area contributed by atoms with Gasteiger partial charge in [-0.2, -0.15) is 0 Å². The van der Waals surface area contributed by atoms with Crippen molar-refractivity contribution < 1.29 is 4.79 Å². The maximum Gasteiger partial charge on any atom is 0.250 e. The summed E-state index contributed by atoms with van der Waals surface area (Å²) >= 11 is 1.77. The monoisotopic (exact) mass is 331 g/mol. The van der Waals surface area contributed by atoms with Gasteiger partial charge in [0.1, 0.15) is 0 Å². The Morgan fingerprint density at radius 1 is 1.35 bits per heavy atom. The number of rotatable bonds is 5. The second-order valence-corrected chi connectivity index (χ2v) is 6.74. The van der Waals surface area contributed by atoms with Crippen LogP contribution in [0.15, 0.2) is 34.6 Å². The van der Waals surface area contributed by atoms with E-state index in [1.807, 2.05) is 11.8 Å². The summed E-state index contributed by atoms with van der Waals surface area (Å²) in [6.45, 7) is 4.46. The summed E-state index contributed by atoms with van der Waals surface area (Å²) in [5, 5.41) is 5.23. The fourth-order valence-electron chi connectivity index (χ4n) is 2.80. The van der Waals surface area contributed by atoms with E-state index >= 15 is 0 Å². The maximum atomic E-state index is 12.4. The molecule has 5 nitrogen and oxygen atoms in total. The molecule has 0 aliphatic carbocycles. The Bertz CT molecular complexity index is 750. The predicted octanol–water partition coefficient (Wildman–Crippen LogP) is 2.32. The number of carbonyl (C=O) groups excluding carboxylic acids is 1. The Morgan fingerprint density at radius 2 is 2.22 bits per heavy atom. The lowest BCUT2D eigenvalue weighted by Gasteiger charge is -2.27. The summed E-state index contributed by atoms with van der Waals surface area (Å²) in [4.78, 5) is 27.4. The number of aryl methyl sites for hydroxylation is 1. The van der Waals surface area contributed by atoms with Gasteiger partial charge in [0.25, 0.3) is 5.56 Å². The van der Waals surface area contributed by atoms with Gasteiger partial charge in [0.2, 0.25) is 5.91 Å². The molecular formula is C17H21N3O2S. The van der Waals surface area contributed by atoms with Crippen molar-refractivity contribution in [2.75, 3.05) is 18.4 Å². The van der Waals surface area contributed by atoms with Crippen molar-refractivity contribution >= 4 is 22.9 Å². The Morgan fingerprint density at radius 3 is 3.04 bits per heavy atom. The minimum absolute atomic E-state index is 0.00950. The SMILES string of the molecule is CCCn1cc(NCC(=O)N2CCc3sccc3C2)ccc1=O. The molecular weight excluding hydrogens is 310 g/mol. The van der Waals surface area contributed by atoms with Gasteiger partial charge in [-0.15, -0.1) is 11.3 Å². The molecule has 6 heteroatoms. The molecule has 23 heavy (non-hydrogen) atoms. The molecule has 0 saturated heterocycles. The van der Waals surface area contributed by atoms with Gasteiger partial charge in [-0.25, -0.2) is 0 Å². The van der Waals surface area contributed by atoms with E-state index in [0.29, 0.717) is 13.1 Å². The zero-order valence-electron chi connectivity index (χ0n) is 13.2. The molecule has 0 aromatic carbocycles. The average Bonchev–Trinajstić information content (AvgIpc) is 3.03. The second-order valence-electron chi connectivity index (χ2n) is 5.74. The van der Waals surface area contributed by atoms with Gasteiger partial charge in [0, 0.05) is 36.8 Å². The topological polar surface area (TPSA) is 54.3 Å². The van der Waals surface area contributed by atoms with Crippen LogP contribution in [0.2, 0.25) is 0 Å². The third-order valence-electron chi connectivity index (χ3n) is 4.05. The zero-order valence-corrected chi connectivity index (χ0v) is 14.1. The molecule has 0 radical (unpaired) electrons. The van der Waals surface area contributed by atoms with E-state index in [0.717, 1.165) is 25.1 Å². The molecule has 1 aliphatic heterocycles. The number of hydrogen-bond donors (Lipinski definition) is 1. The van der Waals surface area contributed by atoms with Crippen molar-refractivity contribution in [3.8, 4) is 0 Å². The van der Waals surface area contributed by atoms with E-state index in [9.17, 15) is 9.59 Å². The fourth-order valence-corrected chi connectivity index (χ4v) is 3.69. The number of pyridine rings is 1. The molecule has 2 aromatic rings. The van der Waals surface area contributed by atoms with E-state index < -0.39 is 0 Å². The maximum absolute atomic E-state index is 12.4. The van der Waals surface area contributed by atoms with Crippen LogP contribution in [0.1, 0.15) is 23.8 Å². The highest BCUT2D eigenvalue weighted by Crippen LogP contribution is 2.23. The number of aromatic nitrogens is 1. The van der Waals surface area contributed by atoms with Gasteiger partial charge in [-0.05, 0) is 35.9 Å². The van der Waals surface area contributed by atoms with Crippen LogP contribution in [0.3, 0.4) is 0 Å². The van der Waals surface area contributed by atoms with Crippen LogP contribution >= 0.6 is 11.3 Å². The molecule has 1 aliphatic rings. The van der Waals surface area contributed by atoms with E-state index in [2.05, 4.69) is 16.8 Å². The lowest BCUT2D eigenvalue weighted by molar-refractivity contribution is -0.130. The summed E-state index contributed by atoms with van der Waals surface area (Å²) in [6, 6.07) is 5.38. The van der Waals surface area contributed by atoms with Crippen LogP contribution in [-0.4, -0.2) is 28.5 Å². The second kappa shape index (κ2) is 7.00. The Hall–Kier alpha value is -2.08. The number of nitrogens with one attached hydrogen (secondary N) is 1. The molecule has 0 fully saturated rings. The molecule has 0 saturated carbocycles. The highest BCUT2D eigenvalue weighted by molar-refractivity contribution is 7.10. The highest BCUT2D eigenvalue weighted by atomic mass is 32.1. The lowest BCUT2D eigenvalue weighted by Crippen LogP contribution is -2.38. The van der Waals surface area contributed by atoms with E-state index in [1.165, 1.54) is 10.4 Å². The predicted molar refractivity (Wildman–Crippen MR) is 92.9 cm³/mol. The molecule has 1 N–H and O–H groups in total. The molecule has 0 spiro atoms. The molecule has 3 rings (SSSR count). The third-order valence-corrected chi connectivity index (χ3v) is 5.08. The van der Waals surface area contributed by atoms with Gasteiger partial charge in [0.05, 0.1) is 12.2 Å². The van der Waals surface area contributed by atoms with Crippen LogP contribution in [0.5, 0.6) is 0 Å². The normalized spacial score (nSPS) is 13.7. The Labute approximate surface area is 139 Å². The number of anilines is 1. The van der Waals surface area contributed by atoms with E-state index in [1.54, 1.807) is 34.2 Å². The van der Waals surface area contributed by atoms with Crippen LogP contribution in [0, 0.1) is 0 Å². The number of hydrogen-bond acceptors (Lipinski definition) is 4. The van der Waals surface area contributed by atoms with Crippen molar-refractivity contribution in [3.05, 3.63) is 50.6 Å². The van der Waals surface area contributed by atoms with Gasteiger partial charge in [0.15, 0.2) is 0 Å². The summed E-state index contributed by atoms with van der Waals surface area (Å²) in [5.41, 5.74) is 2.07. The Balaban J connectivity index is 1.59. The fraction of sp³-hybridized carbons (Fsp3) is 0.412. The summed E-state index contributed by atoms with van der Waals surface area (Å²) in [6.07, 6.45) is 3.63. The van der Waals surface area contributed by atoms with Crippen molar-refractivity contribution in [2.24, 2.45) is 0 Å². The number of thiophene rings is 1. The first-order valence-electron chi connectivity index (χ1n) is 7.94. The standard InChI is InChI=1S/C17H21N3O2S/c1-2-7-19-12-14(3-4-16(19)21)18-10-17(22)20-8-5-15-13(11-20)6-9-23-15/h3-4,6,9,12,18H,2,5,7-8,10-11H2,1H3. The molecule has 0 unspecified atom stereocenters. The highest BCUT2D eigenvalue weighted by Gasteiger charge is 2.21. The molecule has 122 valence electrons. The number of nitrogens with zero attached hydrogens (tertiary/aromatic N) is 2. The van der Waals surface area contributed by atoms with Crippen LogP contribution in [0.25, 0.3) is 0 Å².